The predicted octanol–water partition coefficient (Wildman–Crippen LogP) is 4.39. The molecule has 2 rings (SSSR count). The molecule has 33 heavy (non-hydrogen) atoms. The third kappa shape index (κ3) is 8.21. The molecule has 0 aromatic heterocycles. The first-order valence-corrected chi connectivity index (χ1v) is 12.2. The number of anilines is 1. The van der Waals surface area contributed by atoms with Crippen molar-refractivity contribution in [3.05, 3.63) is 54.1 Å². The van der Waals surface area contributed by atoms with Crippen molar-refractivity contribution < 1.29 is 31.4 Å². The number of ether oxygens (including phenoxy) is 1. The van der Waals surface area contributed by atoms with Crippen molar-refractivity contribution in [2.45, 2.75) is 36.8 Å². The van der Waals surface area contributed by atoms with Gasteiger partial charge in [0.25, 0.3) is 10.0 Å². The van der Waals surface area contributed by atoms with Crippen LogP contribution in [0.4, 0.5) is 18.9 Å². The van der Waals surface area contributed by atoms with E-state index in [0.29, 0.717) is 24.6 Å². The quantitative estimate of drug-likeness (QED) is 0.424. The van der Waals surface area contributed by atoms with E-state index in [1.54, 1.807) is 24.3 Å². The smallest absolute Gasteiger partial charge is 0.416 e. The lowest BCUT2D eigenvalue weighted by atomic mass is 10.2. The number of sulfonamides is 1. The Labute approximate surface area is 193 Å². The average Bonchev–Trinajstić information content (AvgIpc) is 2.78. The number of alkyl halides is 3. The Morgan fingerprint density at radius 1 is 0.879 bits per heavy atom. The lowest BCUT2D eigenvalue weighted by molar-refractivity contribution is -0.137. The molecule has 2 aromatic rings. The number of benzene rings is 2. The summed E-state index contributed by atoms with van der Waals surface area (Å²) in [5.74, 6) is 0.613. The van der Waals surface area contributed by atoms with Crippen LogP contribution in [0.15, 0.2) is 53.4 Å². The molecule has 0 saturated heterocycles. The monoisotopic (exact) mass is 488 g/mol. The van der Waals surface area contributed by atoms with E-state index in [9.17, 15) is 21.6 Å². The van der Waals surface area contributed by atoms with Crippen LogP contribution in [0.3, 0.4) is 0 Å². The van der Waals surface area contributed by atoms with E-state index in [2.05, 4.69) is 4.90 Å². The van der Waals surface area contributed by atoms with E-state index >= 15 is 0 Å². The van der Waals surface area contributed by atoms with Gasteiger partial charge in [-0.1, -0.05) is 12.8 Å². The summed E-state index contributed by atoms with van der Waals surface area (Å²) in [5.41, 5.74) is -0.533. The lowest BCUT2D eigenvalue weighted by Gasteiger charge is -2.20. The van der Waals surface area contributed by atoms with E-state index in [4.69, 9.17) is 9.84 Å². The second-order valence-electron chi connectivity index (χ2n) is 7.78. The van der Waals surface area contributed by atoms with E-state index in [-0.39, 0.29) is 11.5 Å². The number of aliphatic hydroxyl groups excluding tert-OH is 1. The maximum absolute atomic E-state index is 12.8. The number of unbranched alkanes of at least 4 members (excludes halogenated alkanes) is 3. The maximum Gasteiger partial charge on any atom is 0.416 e. The normalized spacial score (nSPS) is 12.2. The van der Waals surface area contributed by atoms with Crippen molar-refractivity contribution >= 4 is 15.7 Å². The first-order chi connectivity index (χ1) is 15.6. The summed E-state index contributed by atoms with van der Waals surface area (Å²) >= 11 is 0. The molecule has 1 N–H and O–H groups in total. The van der Waals surface area contributed by atoms with Gasteiger partial charge in [-0.05, 0) is 75.0 Å². The van der Waals surface area contributed by atoms with Crippen LogP contribution >= 0.6 is 0 Å². The molecule has 10 heteroatoms. The number of hydrogen-bond acceptors (Lipinski definition) is 5. The van der Waals surface area contributed by atoms with Crippen molar-refractivity contribution in [3.8, 4) is 5.75 Å². The van der Waals surface area contributed by atoms with Gasteiger partial charge in [-0.3, -0.25) is 4.31 Å². The molecule has 0 saturated carbocycles. The Morgan fingerprint density at radius 2 is 1.48 bits per heavy atom. The Morgan fingerprint density at radius 3 is 2.06 bits per heavy atom. The molecule has 0 aliphatic rings. The molecule has 0 aliphatic heterocycles. The number of nitrogens with zero attached hydrogens (tertiary/aromatic N) is 2. The van der Waals surface area contributed by atoms with Gasteiger partial charge in [0.05, 0.1) is 29.4 Å². The van der Waals surface area contributed by atoms with Gasteiger partial charge in [0.2, 0.25) is 0 Å². The molecule has 0 unspecified atom stereocenters. The Bertz CT molecular complexity index is 949. The Balaban J connectivity index is 1.83. The van der Waals surface area contributed by atoms with E-state index in [1.165, 1.54) is 7.05 Å². The van der Waals surface area contributed by atoms with Crippen LogP contribution in [-0.2, 0) is 16.2 Å². The largest absolute Gasteiger partial charge is 0.494 e. The fraction of sp³-hybridized carbons (Fsp3) is 0.478. The molecule has 6 nitrogen and oxygen atoms in total. The predicted molar refractivity (Wildman–Crippen MR) is 122 cm³/mol. The van der Waals surface area contributed by atoms with Gasteiger partial charge in [-0.25, -0.2) is 8.42 Å². The number of likely N-dealkylation sites (N-methyl/N-ethyl adjacent to an activating group) is 1. The third-order valence-corrected chi connectivity index (χ3v) is 7.02. The van der Waals surface area contributed by atoms with Crippen molar-refractivity contribution in [2.24, 2.45) is 0 Å². The second kappa shape index (κ2) is 12.2. The van der Waals surface area contributed by atoms with E-state index < -0.39 is 21.8 Å². The van der Waals surface area contributed by atoms with Gasteiger partial charge in [0.15, 0.2) is 0 Å². The maximum atomic E-state index is 12.8. The number of hydrogen-bond donors (Lipinski definition) is 1. The molecule has 184 valence electrons. The van der Waals surface area contributed by atoms with Crippen molar-refractivity contribution in [3.63, 3.8) is 0 Å². The van der Waals surface area contributed by atoms with Gasteiger partial charge in [-0.2, -0.15) is 13.2 Å². The Hall–Kier alpha value is -2.30. The van der Waals surface area contributed by atoms with Gasteiger partial charge in [0.1, 0.15) is 5.75 Å². The topological polar surface area (TPSA) is 70.1 Å². The zero-order chi connectivity index (χ0) is 24.5. The molecule has 2 aromatic carbocycles. The number of rotatable bonds is 13. The minimum atomic E-state index is -4.53. The van der Waals surface area contributed by atoms with Crippen molar-refractivity contribution in [2.75, 3.05) is 44.7 Å². The van der Waals surface area contributed by atoms with Crippen LogP contribution in [0.5, 0.6) is 5.75 Å². The highest BCUT2D eigenvalue weighted by molar-refractivity contribution is 7.92. The first kappa shape index (κ1) is 26.9. The third-order valence-electron chi connectivity index (χ3n) is 5.22. The van der Waals surface area contributed by atoms with Crippen molar-refractivity contribution in [1.29, 1.82) is 0 Å². The molecule has 0 aliphatic carbocycles. The van der Waals surface area contributed by atoms with Crippen LogP contribution in [0.1, 0.15) is 31.2 Å². The highest BCUT2D eigenvalue weighted by Crippen LogP contribution is 2.31. The second-order valence-corrected chi connectivity index (χ2v) is 9.75. The lowest BCUT2D eigenvalue weighted by Crippen LogP contribution is -2.26. The molecular weight excluding hydrogens is 457 g/mol. The Kier molecular flexibility index (Phi) is 10.00. The molecule has 0 atom stereocenters. The zero-order valence-electron chi connectivity index (χ0n) is 18.9. The van der Waals surface area contributed by atoms with Gasteiger partial charge in [0, 0.05) is 13.6 Å². The SMILES string of the molecule is CN(CCO)CCCCCCOc1ccc(N(C)S(=O)(=O)c2ccc(C(F)(F)F)cc2)cc1. The minimum Gasteiger partial charge on any atom is -0.494 e. The van der Waals surface area contributed by atoms with Gasteiger partial charge < -0.3 is 14.7 Å². The average molecular weight is 489 g/mol. The molecule has 0 radical (unpaired) electrons. The molecule has 0 amide bonds. The summed E-state index contributed by atoms with van der Waals surface area (Å²) in [6, 6.07) is 9.93. The van der Waals surface area contributed by atoms with Crippen molar-refractivity contribution in [1.82, 2.24) is 4.90 Å². The number of halogens is 3. The number of aliphatic hydroxyl groups is 1. The molecule has 0 bridgehead atoms. The first-order valence-electron chi connectivity index (χ1n) is 10.7. The van der Waals surface area contributed by atoms with Crippen LogP contribution < -0.4 is 9.04 Å². The van der Waals surface area contributed by atoms with Crippen LogP contribution in [0.25, 0.3) is 0 Å². The summed E-state index contributed by atoms with van der Waals surface area (Å²) in [4.78, 5) is 1.87. The van der Waals surface area contributed by atoms with Crippen LogP contribution in [0.2, 0.25) is 0 Å². The van der Waals surface area contributed by atoms with Crippen LogP contribution in [-0.4, -0.2) is 58.8 Å². The van der Waals surface area contributed by atoms with Gasteiger partial charge >= 0.3 is 6.18 Å². The highest BCUT2D eigenvalue weighted by atomic mass is 32.2. The molecule has 0 heterocycles. The summed E-state index contributed by atoms with van der Waals surface area (Å²) < 4.78 is 70.4. The summed E-state index contributed by atoms with van der Waals surface area (Å²) in [7, 11) is -0.670. The van der Waals surface area contributed by atoms with E-state index in [1.807, 2.05) is 7.05 Å². The zero-order valence-corrected chi connectivity index (χ0v) is 19.7. The van der Waals surface area contributed by atoms with Crippen LogP contribution in [0, 0.1) is 0 Å². The fourth-order valence-electron chi connectivity index (χ4n) is 3.17. The summed E-state index contributed by atoms with van der Waals surface area (Å²) in [5, 5.41) is 8.87. The minimum absolute atomic E-state index is 0.167. The van der Waals surface area contributed by atoms with E-state index in [0.717, 1.165) is 60.8 Å². The fourth-order valence-corrected chi connectivity index (χ4v) is 4.37. The summed E-state index contributed by atoms with van der Waals surface area (Å²) in [6.45, 7) is 2.34. The highest BCUT2D eigenvalue weighted by Gasteiger charge is 2.31. The van der Waals surface area contributed by atoms with Gasteiger partial charge in [-0.15, -0.1) is 0 Å². The standard InChI is InChI=1S/C23H31F3N2O4S/c1-27(16-17-29)15-5-3-4-6-18-32-21-11-9-20(10-12-21)28(2)33(30,31)22-13-7-19(8-14-22)23(24,25)26/h7-14,29H,3-6,15-18H2,1-2H3. The molecule has 0 fully saturated rings. The summed E-state index contributed by atoms with van der Waals surface area (Å²) in [6.07, 6.45) is -0.469. The molecular formula is C23H31F3N2O4S. The molecule has 0 spiro atoms.